The molecule has 0 aliphatic heterocycles. The molecule has 3 aromatic rings. The molecule has 0 N–H and O–H groups in total. The minimum atomic E-state index is -0.961. The predicted octanol–water partition coefficient (Wildman–Crippen LogP) is 7.61. The third-order valence-corrected chi connectivity index (χ3v) is 7.87. The summed E-state index contributed by atoms with van der Waals surface area (Å²) in [4.78, 5) is 13.7. The lowest BCUT2D eigenvalue weighted by Crippen LogP contribution is -2.20. The fraction of sp³-hybridized carbons (Fsp3) is 0.387. The van der Waals surface area contributed by atoms with Crippen molar-refractivity contribution in [2.75, 3.05) is 0 Å². The van der Waals surface area contributed by atoms with Gasteiger partial charge in [-0.25, -0.2) is 0 Å². The van der Waals surface area contributed by atoms with Crippen LogP contribution in [0.15, 0.2) is 99.6 Å². The van der Waals surface area contributed by atoms with Crippen molar-refractivity contribution in [3.8, 4) is 0 Å². The number of aliphatic carboxylic acids is 1. The van der Waals surface area contributed by atoms with Gasteiger partial charge in [0.2, 0.25) is 0 Å². The second kappa shape index (κ2) is 17.0. The van der Waals surface area contributed by atoms with Gasteiger partial charge >= 0.3 is 0 Å². The van der Waals surface area contributed by atoms with Crippen molar-refractivity contribution in [2.45, 2.75) is 92.7 Å². The summed E-state index contributed by atoms with van der Waals surface area (Å²) in [6.45, 7) is 4.08. The highest BCUT2D eigenvalue weighted by Crippen LogP contribution is 2.31. The Balaban J connectivity index is 0.000000604. The molecule has 2 nitrogen and oxygen atoms in total. The molecule has 0 fully saturated rings. The Bertz CT molecular complexity index is 868. The van der Waals surface area contributed by atoms with Gasteiger partial charge in [0.1, 0.15) is 0 Å². The molecule has 0 saturated heterocycles. The molecule has 0 heterocycles. The molecule has 3 heteroatoms. The van der Waals surface area contributed by atoms with Crippen molar-refractivity contribution in [2.24, 2.45) is 0 Å². The van der Waals surface area contributed by atoms with Crippen LogP contribution in [0.1, 0.15) is 77.2 Å². The molecule has 0 aromatic heterocycles. The summed E-state index contributed by atoms with van der Waals surface area (Å²) in [7, 11) is -0.0351. The smallest absolute Gasteiger partial charge is 0.166 e. The number of unbranched alkanes of at least 4 members (excludes halogenated alkanes) is 6. The first-order chi connectivity index (χ1) is 16.7. The van der Waals surface area contributed by atoms with Crippen LogP contribution in [0.4, 0.5) is 0 Å². The monoisotopic (exact) mass is 476 g/mol. The van der Waals surface area contributed by atoms with Gasteiger partial charge in [-0.15, -0.1) is 0 Å². The van der Waals surface area contributed by atoms with E-state index in [1.165, 1.54) is 71.6 Å². The molecule has 0 saturated carbocycles. The number of rotatable bonds is 13. The molecular weight excluding hydrogens is 436 g/mol. The average Bonchev–Trinajstić information content (AvgIpc) is 2.86. The number of hydrogen-bond donors (Lipinski definition) is 0. The van der Waals surface area contributed by atoms with E-state index in [-0.39, 0.29) is 17.3 Å². The zero-order valence-electron chi connectivity index (χ0n) is 20.9. The maximum absolute atomic E-state index is 9.49. The standard InChI is InChI=1S/C27H33S.C4H8O2/c1-2-3-4-5-6-7-10-15-24-20-22-27(23-21-24)28(25-16-11-8-12-17-25)26-18-13-9-14-19-26;1-2-3-4(5)6/h8-9,11-14,16-23H,2-7,10,15H2,1H3;2-3H2,1H3,(H,5,6)/q+1;/p-1. The molecule has 0 atom stereocenters. The number of aryl methyl sites for hydroxylation is 1. The Labute approximate surface area is 209 Å². The largest absolute Gasteiger partial charge is 0.550 e. The van der Waals surface area contributed by atoms with Crippen molar-refractivity contribution < 1.29 is 9.90 Å². The Kier molecular flexibility index (Phi) is 13.9. The van der Waals surface area contributed by atoms with E-state index in [0.717, 1.165) is 0 Å². The zero-order chi connectivity index (χ0) is 24.4. The summed E-state index contributed by atoms with van der Waals surface area (Å²) in [5.74, 6) is -0.961. The quantitative estimate of drug-likeness (QED) is 0.188. The average molecular weight is 477 g/mol. The summed E-state index contributed by atoms with van der Waals surface area (Å²) >= 11 is 0. The number of carboxylic acids is 1. The van der Waals surface area contributed by atoms with Gasteiger partial charge in [-0.3, -0.25) is 0 Å². The predicted molar refractivity (Wildman–Crippen MR) is 143 cm³/mol. The molecule has 3 aromatic carbocycles. The molecule has 0 spiro atoms. The number of carboxylic acid groups (broad SMARTS) is 1. The Morgan fingerprint density at radius 2 is 1.09 bits per heavy atom. The van der Waals surface area contributed by atoms with E-state index >= 15 is 0 Å². The van der Waals surface area contributed by atoms with E-state index in [9.17, 15) is 9.90 Å². The molecule has 0 unspecified atom stereocenters. The molecule has 3 rings (SSSR count). The molecular formula is C31H40O2S. The molecule has 0 radical (unpaired) electrons. The summed E-state index contributed by atoms with van der Waals surface area (Å²) in [6, 6.07) is 31.2. The lowest BCUT2D eigenvalue weighted by molar-refractivity contribution is -0.305. The molecule has 182 valence electrons. The topological polar surface area (TPSA) is 40.1 Å². The van der Waals surface area contributed by atoms with Crippen molar-refractivity contribution in [1.82, 2.24) is 0 Å². The third-order valence-electron chi connectivity index (χ3n) is 5.64. The number of carbonyl (C=O) groups excluding carboxylic acids is 1. The van der Waals surface area contributed by atoms with Crippen LogP contribution in [0.5, 0.6) is 0 Å². The van der Waals surface area contributed by atoms with Crippen LogP contribution in [0.25, 0.3) is 0 Å². The fourth-order valence-corrected chi connectivity index (χ4v) is 5.89. The van der Waals surface area contributed by atoms with Crippen LogP contribution in [-0.2, 0) is 22.1 Å². The summed E-state index contributed by atoms with van der Waals surface area (Å²) in [5, 5.41) is 9.49. The van der Waals surface area contributed by atoms with E-state index in [4.69, 9.17) is 0 Å². The minimum Gasteiger partial charge on any atom is -0.550 e. The Morgan fingerprint density at radius 1 is 0.618 bits per heavy atom. The number of carbonyl (C=O) groups is 1. The van der Waals surface area contributed by atoms with Crippen molar-refractivity contribution in [3.63, 3.8) is 0 Å². The van der Waals surface area contributed by atoms with Crippen LogP contribution in [0.2, 0.25) is 0 Å². The molecule has 0 aliphatic rings. The van der Waals surface area contributed by atoms with Crippen LogP contribution >= 0.6 is 0 Å². The normalized spacial score (nSPS) is 10.6. The van der Waals surface area contributed by atoms with Gasteiger partial charge in [0.05, 0.1) is 10.9 Å². The summed E-state index contributed by atoms with van der Waals surface area (Å²) in [6.07, 6.45) is 11.7. The summed E-state index contributed by atoms with van der Waals surface area (Å²) < 4.78 is 0. The molecule has 0 bridgehead atoms. The van der Waals surface area contributed by atoms with Crippen molar-refractivity contribution in [1.29, 1.82) is 0 Å². The highest BCUT2D eigenvalue weighted by Gasteiger charge is 2.27. The molecule has 34 heavy (non-hydrogen) atoms. The van der Waals surface area contributed by atoms with E-state index in [0.29, 0.717) is 6.42 Å². The maximum Gasteiger partial charge on any atom is 0.166 e. The van der Waals surface area contributed by atoms with E-state index in [1.54, 1.807) is 6.92 Å². The maximum atomic E-state index is 9.49. The SMILES string of the molecule is CCCC(=O)[O-].CCCCCCCCCc1ccc([S+](c2ccccc2)c2ccccc2)cc1. The van der Waals surface area contributed by atoms with E-state index in [2.05, 4.69) is 91.9 Å². The van der Waals surface area contributed by atoms with Crippen LogP contribution in [0.3, 0.4) is 0 Å². The fourth-order valence-electron chi connectivity index (χ4n) is 3.80. The molecule has 0 aliphatic carbocycles. The first-order valence-corrected chi connectivity index (χ1v) is 14.0. The Morgan fingerprint density at radius 3 is 1.53 bits per heavy atom. The van der Waals surface area contributed by atoms with Gasteiger partial charge in [0, 0.05) is 5.97 Å². The Hall–Kier alpha value is -2.52. The van der Waals surface area contributed by atoms with Gasteiger partial charge in [-0.2, -0.15) is 0 Å². The van der Waals surface area contributed by atoms with Crippen LogP contribution < -0.4 is 5.11 Å². The van der Waals surface area contributed by atoms with E-state index in [1.807, 2.05) is 0 Å². The second-order valence-electron chi connectivity index (χ2n) is 8.57. The third kappa shape index (κ3) is 10.6. The van der Waals surface area contributed by atoms with Gasteiger partial charge in [0.15, 0.2) is 14.7 Å². The minimum absolute atomic E-state index is 0.0351. The highest BCUT2D eigenvalue weighted by atomic mass is 32.2. The van der Waals surface area contributed by atoms with Gasteiger partial charge < -0.3 is 9.90 Å². The van der Waals surface area contributed by atoms with Gasteiger partial charge in [-0.1, -0.05) is 107 Å². The summed E-state index contributed by atoms with van der Waals surface area (Å²) in [5.41, 5.74) is 1.47. The van der Waals surface area contributed by atoms with E-state index < -0.39 is 5.97 Å². The molecule has 0 amide bonds. The lowest BCUT2D eigenvalue weighted by Gasteiger charge is -2.09. The number of hydrogen-bond acceptors (Lipinski definition) is 2. The lowest BCUT2D eigenvalue weighted by atomic mass is 10.0. The highest BCUT2D eigenvalue weighted by molar-refractivity contribution is 7.97. The van der Waals surface area contributed by atoms with Crippen LogP contribution in [-0.4, -0.2) is 5.97 Å². The zero-order valence-corrected chi connectivity index (χ0v) is 21.7. The first-order valence-electron chi connectivity index (χ1n) is 12.8. The van der Waals surface area contributed by atoms with Crippen molar-refractivity contribution >= 4 is 16.9 Å². The first kappa shape index (κ1) is 27.7. The van der Waals surface area contributed by atoms with Gasteiger partial charge in [-0.05, 0) is 61.2 Å². The van der Waals surface area contributed by atoms with Crippen molar-refractivity contribution in [3.05, 3.63) is 90.5 Å². The van der Waals surface area contributed by atoms with Crippen LogP contribution in [0, 0.1) is 0 Å². The number of benzene rings is 3. The second-order valence-corrected chi connectivity index (χ2v) is 10.6. The van der Waals surface area contributed by atoms with Gasteiger partial charge in [0.25, 0.3) is 0 Å².